The second-order valence-electron chi connectivity index (χ2n) is 3.06. The van der Waals surface area contributed by atoms with Crippen LogP contribution in [0.15, 0.2) is 0 Å². The molecular weight excluding hydrogens is 264 g/mol. The Labute approximate surface area is 91.0 Å². The first-order valence-electron chi connectivity index (χ1n) is 4.00. The molecule has 0 atom stereocenters. The first kappa shape index (κ1) is 15.6. The Morgan fingerprint density at radius 3 is 1.56 bits per heavy atom. The minimum absolute atomic E-state index is 0.0332. The van der Waals surface area contributed by atoms with Gasteiger partial charge in [-0.2, -0.15) is 0 Å². The fourth-order valence-corrected chi connectivity index (χ4v) is 4.50. The first-order valence-corrected chi connectivity index (χ1v) is 7.22. The molecule has 16 heavy (non-hydrogen) atoms. The van der Waals surface area contributed by atoms with Crippen molar-refractivity contribution in [3.05, 3.63) is 0 Å². The molecule has 0 radical (unpaired) electrons. The lowest BCUT2D eigenvalue weighted by Crippen LogP contribution is -2.48. The normalized spacial score (nSPS) is 13.6. The zero-order chi connectivity index (χ0) is 13.4. The predicted octanol–water partition coefficient (Wildman–Crippen LogP) is 0.0154. The Bertz CT molecular complexity index is 347. The van der Waals surface area contributed by atoms with Crippen LogP contribution in [0.1, 0.15) is 13.3 Å². The highest BCUT2D eigenvalue weighted by Crippen LogP contribution is 2.71. The van der Waals surface area contributed by atoms with Gasteiger partial charge in [-0.25, -0.2) is 4.79 Å². The average Bonchev–Trinajstić information content (AvgIpc) is 2.00. The van der Waals surface area contributed by atoms with Gasteiger partial charge in [0.1, 0.15) is 0 Å². The predicted molar refractivity (Wildman–Crippen MR) is 52.9 cm³/mol. The van der Waals surface area contributed by atoms with Gasteiger partial charge in [0.05, 0.1) is 0 Å². The third-order valence-electron chi connectivity index (χ3n) is 2.23. The van der Waals surface area contributed by atoms with Crippen LogP contribution < -0.4 is 0 Å². The molecule has 5 N–H and O–H groups in total. The van der Waals surface area contributed by atoms with Crippen molar-refractivity contribution in [2.45, 2.75) is 18.4 Å². The summed E-state index contributed by atoms with van der Waals surface area (Å²) in [6.45, 7) is 1.08. The minimum Gasteiger partial charge on any atom is -0.465 e. The zero-order valence-corrected chi connectivity index (χ0v) is 10.3. The largest absolute Gasteiger partial charge is 0.465 e. The molecular formula is C5H13NO8P2. The van der Waals surface area contributed by atoms with Crippen molar-refractivity contribution in [1.29, 1.82) is 0 Å². The molecule has 1 amide bonds. The van der Waals surface area contributed by atoms with Crippen molar-refractivity contribution in [2.24, 2.45) is 0 Å². The third kappa shape index (κ3) is 2.29. The molecule has 0 aliphatic carbocycles. The monoisotopic (exact) mass is 277 g/mol. The van der Waals surface area contributed by atoms with Crippen LogP contribution in [0.2, 0.25) is 0 Å². The van der Waals surface area contributed by atoms with Gasteiger partial charge in [0.15, 0.2) is 0 Å². The number of carboxylic acid groups (broad SMARTS) is 1. The fraction of sp³-hybridized carbons (Fsp3) is 0.800. The molecule has 0 spiro atoms. The number of amides is 1. The highest BCUT2D eigenvalue weighted by molar-refractivity contribution is 7.72. The Hall–Kier alpha value is -0.430. The molecule has 9 nitrogen and oxygen atoms in total. The van der Waals surface area contributed by atoms with E-state index in [0.717, 1.165) is 6.92 Å². The van der Waals surface area contributed by atoms with E-state index in [4.69, 9.17) is 24.7 Å². The summed E-state index contributed by atoms with van der Waals surface area (Å²) in [4.78, 5) is 46.6. The first-order chi connectivity index (χ1) is 6.91. The van der Waals surface area contributed by atoms with Crippen LogP contribution in [-0.2, 0) is 9.13 Å². The second kappa shape index (κ2) is 4.44. The van der Waals surface area contributed by atoms with Crippen LogP contribution in [0.4, 0.5) is 4.79 Å². The van der Waals surface area contributed by atoms with E-state index in [1.54, 1.807) is 0 Å². The van der Waals surface area contributed by atoms with Crippen LogP contribution in [0, 0.1) is 0 Å². The molecule has 11 heteroatoms. The standard InChI is InChI=1S/C5H13NO8P2/c1-3-5(15(9,10)11,16(12,13)14)6(2)4(7)8/h3H2,1-2H3,(H,7,8)(H2,9,10,11)(H2,12,13,14). The summed E-state index contributed by atoms with van der Waals surface area (Å²) < 4.78 is 22.3. The number of rotatable bonds is 4. The van der Waals surface area contributed by atoms with Crippen LogP contribution in [0.25, 0.3) is 0 Å². The maximum Gasteiger partial charge on any atom is 0.408 e. The van der Waals surface area contributed by atoms with Gasteiger partial charge >= 0.3 is 21.3 Å². The number of nitrogens with zero attached hydrogens (tertiary/aromatic N) is 1. The lowest BCUT2D eigenvalue weighted by atomic mass is 10.4. The van der Waals surface area contributed by atoms with Crippen molar-refractivity contribution in [2.75, 3.05) is 7.05 Å². The zero-order valence-electron chi connectivity index (χ0n) is 8.51. The quantitative estimate of drug-likeness (QED) is 0.450. The Morgan fingerprint density at radius 1 is 1.19 bits per heavy atom. The molecule has 0 bridgehead atoms. The molecule has 0 aliphatic heterocycles. The van der Waals surface area contributed by atoms with Crippen molar-refractivity contribution in [3.63, 3.8) is 0 Å². The third-order valence-corrected chi connectivity index (χ3v) is 6.89. The van der Waals surface area contributed by atoms with Gasteiger partial charge in [-0.1, -0.05) is 6.92 Å². The van der Waals surface area contributed by atoms with Crippen molar-refractivity contribution >= 4 is 21.3 Å². The maximum absolute atomic E-state index is 11.2. The summed E-state index contributed by atoms with van der Waals surface area (Å²) in [6.07, 6.45) is -2.56. The topological polar surface area (TPSA) is 156 Å². The van der Waals surface area contributed by atoms with Gasteiger partial charge in [-0.3, -0.25) is 14.0 Å². The van der Waals surface area contributed by atoms with E-state index in [1.807, 2.05) is 0 Å². The molecule has 0 aromatic heterocycles. The molecule has 0 saturated carbocycles. The summed E-state index contributed by atoms with van der Waals surface area (Å²) in [5, 5.41) is 5.58. The van der Waals surface area contributed by atoms with Gasteiger partial charge in [0.25, 0.3) is 0 Å². The molecule has 0 heterocycles. The smallest absolute Gasteiger partial charge is 0.408 e. The van der Waals surface area contributed by atoms with Gasteiger partial charge in [-0.15, -0.1) is 0 Å². The number of hydrogen-bond acceptors (Lipinski definition) is 3. The van der Waals surface area contributed by atoms with E-state index in [0.29, 0.717) is 7.05 Å². The average molecular weight is 277 g/mol. The highest BCUT2D eigenvalue weighted by atomic mass is 31.2. The Balaban J connectivity index is 5.99. The summed E-state index contributed by atoms with van der Waals surface area (Å²) in [5.74, 6) is 0. The fourth-order valence-electron chi connectivity index (χ4n) is 1.36. The molecule has 0 aliphatic rings. The molecule has 0 aromatic rings. The van der Waals surface area contributed by atoms with E-state index >= 15 is 0 Å². The number of hydrogen-bond donors (Lipinski definition) is 5. The lowest BCUT2D eigenvalue weighted by Gasteiger charge is -2.39. The van der Waals surface area contributed by atoms with Crippen molar-refractivity contribution in [3.8, 4) is 0 Å². The highest BCUT2D eigenvalue weighted by Gasteiger charge is 2.63. The summed E-state index contributed by atoms with van der Waals surface area (Å²) in [5.41, 5.74) is 0. The Kier molecular flexibility index (Phi) is 4.32. The number of carbonyl (C=O) groups is 1. The summed E-state index contributed by atoms with van der Waals surface area (Å²) >= 11 is 0. The van der Waals surface area contributed by atoms with Gasteiger partial charge in [0, 0.05) is 7.05 Å². The molecule has 0 unspecified atom stereocenters. The SMILES string of the molecule is CCC(N(C)C(=O)O)(P(=O)(O)O)P(=O)(O)O. The lowest BCUT2D eigenvalue weighted by molar-refractivity contribution is 0.125. The van der Waals surface area contributed by atoms with Gasteiger partial charge in [-0.05, 0) is 6.42 Å². The van der Waals surface area contributed by atoms with Crippen LogP contribution in [0.3, 0.4) is 0 Å². The summed E-state index contributed by atoms with van der Waals surface area (Å²) in [7, 11) is -10.0. The van der Waals surface area contributed by atoms with Crippen LogP contribution in [0.5, 0.6) is 0 Å². The molecule has 0 saturated heterocycles. The summed E-state index contributed by atoms with van der Waals surface area (Å²) in [6, 6.07) is 0. The van der Waals surface area contributed by atoms with E-state index in [9.17, 15) is 13.9 Å². The molecule has 0 fully saturated rings. The van der Waals surface area contributed by atoms with E-state index < -0.39 is 32.7 Å². The van der Waals surface area contributed by atoms with Crippen LogP contribution >= 0.6 is 15.2 Å². The van der Waals surface area contributed by atoms with Gasteiger partial charge < -0.3 is 24.7 Å². The van der Waals surface area contributed by atoms with Crippen LogP contribution in [-0.4, -0.2) is 47.7 Å². The minimum atomic E-state index is -5.36. The molecule has 0 rings (SSSR count). The second-order valence-corrected chi connectivity index (χ2v) is 7.07. The van der Waals surface area contributed by atoms with Crippen molar-refractivity contribution in [1.82, 2.24) is 4.90 Å². The van der Waals surface area contributed by atoms with Crippen molar-refractivity contribution < 1.29 is 38.6 Å². The van der Waals surface area contributed by atoms with Gasteiger partial charge in [0.2, 0.25) is 5.02 Å². The van der Waals surface area contributed by atoms with E-state index in [-0.39, 0.29) is 4.90 Å². The Morgan fingerprint density at radius 2 is 1.50 bits per heavy atom. The molecule has 96 valence electrons. The molecule has 0 aromatic carbocycles. The van der Waals surface area contributed by atoms with E-state index in [2.05, 4.69) is 0 Å². The van der Waals surface area contributed by atoms with E-state index in [1.165, 1.54) is 0 Å². The maximum atomic E-state index is 11.2.